The van der Waals surface area contributed by atoms with Crippen LogP contribution in [0.25, 0.3) is 0 Å². The van der Waals surface area contributed by atoms with Crippen LogP contribution in [-0.2, 0) is 12.7 Å². The Hall–Kier alpha value is -2.59. The van der Waals surface area contributed by atoms with Crippen molar-refractivity contribution in [2.24, 2.45) is 0 Å². The Morgan fingerprint density at radius 3 is 2.65 bits per heavy atom. The maximum atomic E-state index is 12.8. The second-order valence-corrected chi connectivity index (χ2v) is 6.35. The highest BCUT2D eigenvalue weighted by Crippen LogP contribution is 2.29. The minimum absolute atomic E-state index is 0.250. The maximum absolute atomic E-state index is 12.8. The van der Waals surface area contributed by atoms with Crippen LogP contribution in [0.5, 0.6) is 0 Å². The van der Waals surface area contributed by atoms with Gasteiger partial charge in [-0.1, -0.05) is 18.2 Å². The van der Waals surface area contributed by atoms with Gasteiger partial charge < -0.3 is 10.2 Å². The third-order valence-corrected chi connectivity index (χ3v) is 4.54. The first-order valence-corrected chi connectivity index (χ1v) is 8.46. The van der Waals surface area contributed by atoms with Gasteiger partial charge in [-0.15, -0.1) is 0 Å². The molecule has 1 N–H and O–H groups in total. The lowest BCUT2D eigenvalue weighted by molar-refractivity contribution is -0.137. The molecule has 3 rings (SSSR count). The summed E-state index contributed by atoms with van der Waals surface area (Å²) in [5, 5.41) is 12.3. The van der Waals surface area contributed by atoms with Crippen LogP contribution in [0.3, 0.4) is 0 Å². The van der Waals surface area contributed by atoms with Crippen LogP contribution in [-0.4, -0.2) is 24.1 Å². The van der Waals surface area contributed by atoms with Gasteiger partial charge in [-0.2, -0.15) is 18.4 Å². The molecule has 26 heavy (non-hydrogen) atoms. The summed E-state index contributed by atoms with van der Waals surface area (Å²) in [5.74, 6) is 0.792. The molecule has 2 heterocycles. The molecule has 7 heteroatoms. The number of rotatable bonds is 4. The van der Waals surface area contributed by atoms with E-state index in [1.54, 1.807) is 24.4 Å². The number of aromatic nitrogens is 1. The molecular formula is C19H19F3N4. The van der Waals surface area contributed by atoms with Gasteiger partial charge >= 0.3 is 6.18 Å². The number of nitrogens with zero attached hydrogens (tertiary/aromatic N) is 3. The van der Waals surface area contributed by atoms with E-state index in [0.29, 0.717) is 17.7 Å². The van der Waals surface area contributed by atoms with E-state index < -0.39 is 11.7 Å². The van der Waals surface area contributed by atoms with Crippen LogP contribution in [0.2, 0.25) is 0 Å². The Morgan fingerprint density at radius 1 is 1.19 bits per heavy atom. The smallest absolute Gasteiger partial charge is 0.356 e. The van der Waals surface area contributed by atoms with Gasteiger partial charge in [0.25, 0.3) is 0 Å². The first-order chi connectivity index (χ1) is 12.5. The molecule has 1 aromatic carbocycles. The average Bonchev–Trinajstić information content (AvgIpc) is 2.66. The summed E-state index contributed by atoms with van der Waals surface area (Å²) in [6, 6.07) is 11.2. The molecule has 1 fully saturated rings. The zero-order valence-corrected chi connectivity index (χ0v) is 14.1. The van der Waals surface area contributed by atoms with Crippen LogP contribution in [0.4, 0.5) is 19.0 Å². The maximum Gasteiger partial charge on any atom is 0.416 e. The monoisotopic (exact) mass is 360 g/mol. The van der Waals surface area contributed by atoms with Crippen LogP contribution in [0.1, 0.15) is 29.5 Å². The quantitative estimate of drug-likeness (QED) is 0.903. The van der Waals surface area contributed by atoms with E-state index in [-0.39, 0.29) is 6.04 Å². The molecule has 0 aliphatic carbocycles. The fourth-order valence-electron chi connectivity index (χ4n) is 3.09. The molecule has 1 aliphatic rings. The van der Waals surface area contributed by atoms with Crippen LogP contribution >= 0.6 is 0 Å². The van der Waals surface area contributed by atoms with Gasteiger partial charge in [-0.05, 0) is 36.6 Å². The molecule has 0 unspecified atom stereocenters. The fourth-order valence-corrected chi connectivity index (χ4v) is 3.09. The van der Waals surface area contributed by atoms with Crippen LogP contribution in [0, 0.1) is 11.3 Å². The highest BCUT2D eigenvalue weighted by molar-refractivity contribution is 5.45. The van der Waals surface area contributed by atoms with Crippen molar-refractivity contribution in [3.63, 3.8) is 0 Å². The normalized spacial score (nSPS) is 15.7. The number of pyridine rings is 1. The van der Waals surface area contributed by atoms with Gasteiger partial charge in [0.2, 0.25) is 0 Å². The second kappa shape index (κ2) is 7.75. The van der Waals surface area contributed by atoms with Gasteiger partial charge in [-0.3, -0.25) is 0 Å². The Bertz CT molecular complexity index is 790. The van der Waals surface area contributed by atoms with E-state index in [1.807, 2.05) is 0 Å². The molecular weight excluding hydrogens is 341 g/mol. The third-order valence-electron chi connectivity index (χ3n) is 4.54. The summed E-state index contributed by atoms with van der Waals surface area (Å²) in [5.41, 5.74) is 0.598. The van der Waals surface area contributed by atoms with Crippen LogP contribution < -0.4 is 10.2 Å². The Kier molecular flexibility index (Phi) is 5.43. The Labute approximate surface area is 150 Å². The molecule has 4 nitrogen and oxygen atoms in total. The summed E-state index contributed by atoms with van der Waals surface area (Å²) in [7, 11) is 0. The van der Waals surface area contributed by atoms with E-state index in [1.165, 1.54) is 12.1 Å². The molecule has 0 radical (unpaired) electrons. The zero-order valence-electron chi connectivity index (χ0n) is 14.1. The van der Waals surface area contributed by atoms with Crippen molar-refractivity contribution in [3.8, 4) is 6.07 Å². The van der Waals surface area contributed by atoms with Crippen molar-refractivity contribution in [2.75, 3.05) is 18.0 Å². The zero-order chi connectivity index (χ0) is 18.6. The predicted molar refractivity (Wildman–Crippen MR) is 92.5 cm³/mol. The molecule has 1 saturated heterocycles. The minimum atomic E-state index is -4.31. The fraction of sp³-hybridized carbons (Fsp3) is 0.368. The average molecular weight is 360 g/mol. The molecule has 0 atom stereocenters. The molecule has 1 aliphatic heterocycles. The van der Waals surface area contributed by atoms with Gasteiger partial charge in [0.1, 0.15) is 5.82 Å². The predicted octanol–water partition coefficient (Wildman–Crippen LogP) is 3.73. The second-order valence-electron chi connectivity index (χ2n) is 6.35. The lowest BCUT2D eigenvalue weighted by Crippen LogP contribution is -2.42. The number of hydrogen-bond acceptors (Lipinski definition) is 4. The van der Waals surface area contributed by atoms with Gasteiger partial charge in [0.05, 0.1) is 17.2 Å². The number of halogens is 3. The lowest BCUT2D eigenvalue weighted by Gasteiger charge is -2.33. The van der Waals surface area contributed by atoms with Crippen LogP contribution in [0.15, 0.2) is 42.6 Å². The molecule has 0 amide bonds. The number of nitrogens with one attached hydrogen (secondary N) is 1. The topological polar surface area (TPSA) is 52.0 Å². The highest BCUT2D eigenvalue weighted by atomic mass is 19.4. The largest absolute Gasteiger partial charge is 0.416 e. The summed E-state index contributed by atoms with van der Waals surface area (Å²) in [4.78, 5) is 6.44. The summed E-state index contributed by atoms with van der Waals surface area (Å²) >= 11 is 0. The summed E-state index contributed by atoms with van der Waals surface area (Å²) in [6.45, 7) is 2.00. The summed E-state index contributed by atoms with van der Waals surface area (Å²) in [6.07, 6.45) is -0.937. The van der Waals surface area contributed by atoms with E-state index in [0.717, 1.165) is 37.8 Å². The molecule has 1 aromatic heterocycles. The van der Waals surface area contributed by atoms with E-state index >= 15 is 0 Å². The SMILES string of the molecule is N#Cc1ccnc(N2CCC(NCc3cccc(C(F)(F)F)c3)CC2)c1. The number of anilines is 1. The highest BCUT2D eigenvalue weighted by Gasteiger charge is 2.30. The van der Waals surface area contributed by atoms with Gasteiger partial charge in [0.15, 0.2) is 0 Å². The van der Waals surface area contributed by atoms with Gasteiger partial charge in [-0.25, -0.2) is 4.98 Å². The molecule has 136 valence electrons. The van der Waals surface area contributed by atoms with E-state index in [9.17, 15) is 13.2 Å². The molecule has 0 bridgehead atoms. The molecule has 0 spiro atoms. The number of benzene rings is 1. The first kappa shape index (κ1) is 18.2. The van der Waals surface area contributed by atoms with E-state index in [2.05, 4.69) is 21.3 Å². The number of nitriles is 1. The first-order valence-electron chi connectivity index (χ1n) is 8.46. The van der Waals surface area contributed by atoms with Crippen molar-refractivity contribution in [2.45, 2.75) is 31.6 Å². The van der Waals surface area contributed by atoms with E-state index in [4.69, 9.17) is 5.26 Å². The Morgan fingerprint density at radius 2 is 1.96 bits per heavy atom. The number of alkyl halides is 3. The third kappa shape index (κ3) is 4.52. The number of piperidine rings is 1. The molecule has 0 saturated carbocycles. The van der Waals surface area contributed by atoms with Gasteiger partial charge in [0, 0.05) is 31.9 Å². The van der Waals surface area contributed by atoms with Crippen molar-refractivity contribution in [1.29, 1.82) is 5.26 Å². The lowest BCUT2D eigenvalue weighted by atomic mass is 10.0. The Balaban J connectivity index is 1.52. The van der Waals surface area contributed by atoms with Crippen molar-refractivity contribution >= 4 is 5.82 Å². The van der Waals surface area contributed by atoms with Crippen molar-refractivity contribution < 1.29 is 13.2 Å². The summed E-state index contributed by atoms with van der Waals surface area (Å²) < 4.78 is 38.3. The number of hydrogen-bond donors (Lipinski definition) is 1. The molecule has 2 aromatic rings. The van der Waals surface area contributed by atoms with Crippen molar-refractivity contribution in [3.05, 3.63) is 59.3 Å². The minimum Gasteiger partial charge on any atom is -0.356 e. The standard InChI is InChI=1S/C19H19F3N4/c20-19(21,22)16-3-1-2-15(10-16)13-25-17-5-8-26(9-6-17)18-11-14(12-23)4-7-24-18/h1-4,7,10-11,17,25H,5-6,8-9,13H2. The van der Waals surface area contributed by atoms with Crippen molar-refractivity contribution in [1.82, 2.24) is 10.3 Å².